The van der Waals surface area contributed by atoms with Gasteiger partial charge >= 0.3 is 12.1 Å². The van der Waals surface area contributed by atoms with Gasteiger partial charge in [0.05, 0.1) is 0 Å². The number of rotatable bonds is 15. The van der Waals surface area contributed by atoms with Crippen LogP contribution in [-0.4, -0.2) is 23.4 Å². The standard InChI is InChI=1S/C18H35NO4/c1-3-5-7-8-9-10-11-12-13-15-17(20)23-16(14-6-4-2)19-18(21)22/h16,19H,3-15H2,1-2H3,(H,21,22). The van der Waals surface area contributed by atoms with Crippen LogP contribution >= 0.6 is 0 Å². The summed E-state index contributed by atoms with van der Waals surface area (Å²) in [6.45, 7) is 4.24. The molecule has 0 aromatic carbocycles. The van der Waals surface area contributed by atoms with Crippen molar-refractivity contribution in [3.05, 3.63) is 0 Å². The molecule has 0 bridgehead atoms. The molecule has 23 heavy (non-hydrogen) atoms. The fourth-order valence-corrected chi connectivity index (χ4v) is 2.49. The first kappa shape index (κ1) is 21.7. The van der Waals surface area contributed by atoms with Gasteiger partial charge in [-0.25, -0.2) is 4.79 Å². The molecular weight excluding hydrogens is 294 g/mol. The van der Waals surface area contributed by atoms with Crippen LogP contribution in [0.5, 0.6) is 0 Å². The number of esters is 1. The average molecular weight is 329 g/mol. The number of ether oxygens (including phenoxy) is 1. The van der Waals surface area contributed by atoms with Gasteiger partial charge in [-0.05, 0) is 12.8 Å². The van der Waals surface area contributed by atoms with Gasteiger partial charge in [0.15, 0.2) is 6.23 Å². The third-order valence-electron chi connectivity index (χ3n) is 3.86. The van der Waals surface area contributed by atoms with Crippen molar-refractivity contribution in [1.82, 2.24) is 5.32 Å². The van der Waals surface area contributed by atoms with Crippen LogP contribution in [0.2, 0.25) is 0 Å². The minimum atomic E-state index is -1.15. The Hall–Kier alpha value is -1.26. The Kier molecular flexibility index (Phi) is 14.8. The number of carboxylic acid groups (broad SMARTS) is 1. The lowest BCUT2D eigenvalue weighted by Gasteiger charge is -2.17. The van der Waals surface area contributed by atoms with E-state index in [-0.39, 0.29) is 5.97 Å². The molecule has 0 aliphatic rings. The van der Waals surface area contributed by atoms with Gasteiger partial charge in [-0.2, -0.15) is 0 Å². The number of hydrogen-bond donors (Lipinski definition) is 2. The SMILES string of the molecule is CCCCCCCCCCCC(=O)OC(CCCC)NC(=O)O. The molecule has 0 fully saturated rings. The maximum absolute atomic E-state index is 11.8. The van der Waals surface area contributed by atoms with E-state index < -0.39 is 12.3 Å². The first-order chi connectivity index (χ1) is 11.1. The summed E-state index contributed by atoms with van der Waals surface area (Å²) < 4.78 is 5.20. The normalized spacial score (nSPS) is 11.9. The Morgan fingerprint density at radius 2 is 1.39 bits per heavy atom. The smallest absolute Gasteiger partial charge is 0.407 e. The van der Waals surface area contributed by atoms with Crippen molar-refractivity contribution in [2.45, 2.75) is 104 Å². The summed E-state index contributed by atoms with van der Waals surface area (Å²) >= 11 is 0. The summed E-state index contributed by atoms with van der Waals surface area (Å²) in [5, 5.41) is 11.0. The molecular formula is C18H35NO4. The molecule has 5 nitrogen and oxygen atoms in total. The maximum Gasteiger partial charge on any atom is 0.407 e. The average Bonchev–Trinajstić information content (AvgIpc) is 2.50. The van der Waals surface area contributed by atoms with Crippen molar-refractivity contribution in [2.24, 2.45) is 0 Å². The molecule has 0 aromatic rings. The van der Waals surface area contributed by atoms with Crippen LogP contribution in [0, 0.1) is 0 Å². The largest absolute Gasteiger partial charge is 0.465 e. The van der Waals surface area contributed by atoms with Crippen molar-refractivity contribution in [2.75, 3.05) is 0 Å². The zero-order valence-electron chi connectivity index (χ0n) is 14.9. The van der Waals surface area contributed by atoms with Crippen molar-refractivity contribution in [1.29, 1.82) is 0 Å². The van der Waals surface area contributed by atoms with Gasteiger partial charge in [0, 0.05) is 12.8 Å². The van der Waals surface area contributed by atoms with E-state index in [0.717, 1.165) is 32.1 Å². The van der Waals surface area contributed by atoms with E-state index in [4.69, 9.17) is 9.84 Å². The minimum absolute atomic E-state index is 0.303. The molecule has 2 N–H and O–H groups in total. The minimum Gasteiger partial charge on any atom is -0.465 e. The summed E-state index contributed by atoms with van der Waals surface area (Å²) in [5.74, 6) is -0.303. The number of unbranched alkanes of at least 4 members (excludes halogenated alkanes) is 9. The molecule has 1 unspecified atom stereocenters. The van der Waals surface area contributed by atoms with Crippen molar-refractivity contribution < 1.29 is 19.4 Å². The van der Waals surface area contributed by atoms with Crippen molar-refractivity contribution in [3.8, 4) is 0 Å². The second-order valence-corrected chi connectivity index (χ2v) is 6.15. The number of carbonyl (C=O) groups excluding carboxylic acids is 1. The van der Waals surface area contributed by atoms with E-state index in [9.17, 15) is 9.59 Å². The lowest BCUT2D eigenvalue weighted by Crippen LogP contribution is -2.37. The fourth-order valence-electron chi connectivity index (χ4n) is 2.49. The highest BCUT2D eigenvalue weighted by molar-refractivity contribution is 5.70. The highest BCUT2D eigenvalue weighted by Crippen LogP contribution is 2.11. The molecule has 0 radical (unpaired) electrons. The first-order valence-corrected chi connectivity index (χ1v) is 9.29. The fraction of sp³-hybridized carbons (Fsp3) is 0.889. The summed E-state index contributed by atoms with van der Waals surface area (Å²) in [6, 6.07) is 0. The Morgan fingerprint density at radius 1 is 0.870 bits per heavy atom. The van der Waals surface area contributed by atoms with E-state index in [2.05, 4.69) is 12.2 Å². The van der Waals surface area contributed by atoms with E-state index in [0.29, 0.717) is 12.8 Å². The van der Waals surface area contributed by atoms with E-state index in [1.54, 1.807) is 0 Å². The Bertz CT molecular complexity index is 307. The number of carbonyl (C=O) groups is 2. The highest BCUT2D eigenvalue weighted by atomic mass is 16.6. The Morgan fingerprint density at radius 3 is 1.91 bits per heavy atom. The second-order valence-electron chi connectivity index (χ2n) is 6.15. The lowest BCUT2D eigenvalue weighted by atomic mass is 10.1. The predicted octanol–water partition coefficient (Wildman–Crippen LogP) is 5.23. The van der Waals surface area contributed by atoms with E-state index in [1.165, 1.54) is 38.5 Å². The van der Waals surface area contributed by atoms with Crippen LogP contribution in [0.3, 0.4) is 0 Å². The van der Waals surface area contributed by atoms with Crippen LogP contribution in [0.4, 0.5) is 4.79 Å². The molecule has 0 heterocycles. The summed E-state index contributed by atoms with van der Waals surface area (Å²) in [4.78, 5) is 22.4. The lowest BCUT2D eigenvalue weighted by molar-refractivity contribution is -0.150. The van der Waals surface area contributed by atoms with Crippen molar-refractivity contribution in [3.63, 3.8) is 0 Å². The molecule has 0 spiro atoms. The van der Waals surface area contributed by atoms with Crippen LogP contribution < -0.4 is 5.32 Å². The van der Waals surface area contributed by atoms with Crippen LogP contribution in [0.25, 0.3) is 0 Å². The molecule has 0 rings (SSSR count). The zero-order valence-corrected chi connectivity index (χ0v) is 14.9. The van der Waals surface area contributed by atoms with E-state index >= 15 is 0 Å². The molecule has 136 valence electrons. The zero-order chi connectivity index (χ0) is 17.3. The first-order valence-electron chi connectivity index (χ1n) is 9.29. The van der Waals surface area contributed by atoms with Crippen LogP contribution in [0.15, 0.2) is 0 Å². The van der Waals surface area contributed by atoms with Crippen LogP contribution in [0.1, 0.15) is 97.3 Å². The van der Waals surface area contributed by atoms with Crippen molar-refractivity contribution >= 4 is 12.1 Å². The van der Waals surface area contributed by atoms with E-state index in [1.807, 2.05) is 6.92 Å². The topological polar surface area (TPSA) is 75.6 Å². The van der Waals surface area contributed by atoms with Gasteiger partial charge in [0.2, 0.25) is 0 Å². The third-order valence-corrected chi connectivity index (χ3v) is 3.86. The Balaban J connectivity index is 3.64. The molecule has 1 atom stereocenters. The molecule has 0 aliphatic heterocycles. The van der Waals surface area contributed by atoms with Crippen LogP contribution in [-0.2, 0) is 9.53 Å². The van der Waals surface area contributed by atoms with Gasteiger partial charge < -0.3 is 9.84 Å². The number of hydrogen-bond acceptors (Lipinski definition) is 3. The highest BCUT2D eigenvalue weighted by Gasteiger charge is 2.15. The molecule has 0 saturated heterocycles. The summed E-state index contributed by atoms with van der Waals surface area (Å²) in [5.41, 5.74) is 0. The number of amides is 1. The predicted molar refractivity (Wildman–Crippen MR) is 92.4 cm³/mol. The molecule has 0 aliphatic carbocycles. The maximum atomic E-state index is 11.8. The molecule has 0 aromatic heterocycles. The molecule has 1 amide bonds. The van der Waals surface area contributed by atoms with Gasteiger partial charge in [0.1, 0.15) is 0 Å². The van der Waals surface area contributed by atoms with Gasteiger partial charge in [-0.3, -0.25) is 10.1 Å². The Labute approximate surface area is 141 Å². The second kappa shape index (κ2) is 15.6. The van der Waals surface area contributed by atoms with Gasteiger partial charge in [0.25, 0.3) is 0 Å². The number of nitrogens with one attached hydrogen (secondary N) is 1. The third kappa shape index (κ3) is 15.4. The monoisotopic (exact) mass is 329 g/mol. The summed E-state index contributed by atoms with van der Waals surface area (Å²) in [7, 11) is 0. The summed E-state index contributed by atoms with van der Waals surface area (Å²) in [6.07, 6.45) is 11.6. The molecule has 0 saturated carbocycles. The quantitative estimate of drug-likeness (QED) is 0.245. The van der Waals surface area contributed by atoms with Gasteiger partial charge in [-0.15, -0.1) is 0 Å². The van der Waals surface area contributed by atoms with Gasteiger partial charge in [-0.1, -0.05) is 71.6 Å². The molecule has 5 heteroatoms.